The molecule has 0 radical (unpaired) electrons. The van der Waals surface area contributed by atoms with Crippen LogP contribution < -0.4 is 15.2 Å². The molecule has 0 amide bonds. The first kappa shape index (κ1) is 12.4. The fourth-order valence-corrected chi connectivity index (χ4v) is 2.29. The van der Waals surface area contributed by atoms with Gasteiger partial charge in [0.2, 0.25) is 0 Å². The van der Waals surface area contributed by atoms with Crippen molar-refractivity contribution in [2.24, 2.45) is 0 Å². The first-order valence-corrected chi connectivity index (χ1v) is 6.40. The molecule has 0 aliphatic carbocycles. The molecule has 1 heterocycles. The molecule has 0 aliphatic heterocycles. The van der Waals surface area contributed by atoms with Gasteiger partial charge in [-0.15, -0.1) is 0 Å². The highest BCUT2D eigenvalue weighted by molar-refractivity contribution is 5.93. The molecule has 102 valence electrons. The molecule has 0 unspecified atom stereocenters. The van der Waals surface area contributed by atoms with Gasteiger partial charge < -0.3 is 20.2 Å². The third-order valence-corrected chi connectivity index (χ3v) is 3.27. The average Bonchev–Trinajstić information content (AvgIpc) is 2.90. The van der Waals surface area contributed by atoms with Crippen molar-refractivity contribution >= 4 is 16.6 Å². The fourth-order valence-electron chi connectivity index (χ4n) is 2.29. The molecule has 4 heteroatoms. The average molecular weight is 268 g/mol. The molecule has 2 aromatic carbocycles. The number of benzene rings is 2. The summed E-state index contributed by atoms with van der Waals surface area (Å²) in [5.41, 5.74) is 8.83. The van der Waals surface area contributed by atoms with E-state index in [1.54, 1.807) is 7.11 Å². The van der Waals surface area contributed by atoms with E-state index >= 15 is 0 Å². The van der Waals surface area contributed by atoms with Gasteiger partial charge in [-0.25, -0.2) is 0 Å². The Labute approximate surface area is 117 Å². The van der Waals surface area contributed by atoms with Crippen molar-refractivity contribution in [2.75, 3.05) is 12.8 Å². The van der Waals surface area contributed by atoms with Crippen LogP contribution >= 0.6 is 0 Å². The number of anilines is 1. The van der Waals surface area contributed by atoms with Crippen LogP contribution in [0, 0.1) is 0 Å². The Hall–Kier alpha value is -2.62. The lowest BCUT2D eigenvalue weighted by atomic mass is 10.1. The van der Waals surface area contributed by atoms with Crippen molar-refractivity contribution in [3.8, 4) is 11.5 Å². The number of hydrogen-bond donors (Lipinski definition) is 2. The highest BCUT2D eigenvalue weighted by atomic mass is 16.5. The molecule has 0 saturated carbocycles. The summed E-state index contributed by atoms with van der Waals surface area (Å²) in [6, 6.07) is 13.4. The molecule has 4 nitrogen and oxygen atoms in total. The van der Waals surface area contributed by atoms with Gasteiger partial charge in [-0.1, -0.05) is 18.2 Å². The first-order valence-electron chi connectivity index (χ1n) is 6.40. The van der Waals surface area contributed by atoms with Crippen LogP contribution in [0.15, 0.2) is 48.7 Å². The number of H-pyrrole nitrogens is 1. The van der Waals surface area contributed by atoms with E-state index in [1.165, 1.54) is 0 Å². The van der Waals surface area contributed by atoms with Gasteiger partial charge >= 0.3 is 0 Å². The number of fused-ring (bicyclic) bond motifs is 1. The van der Waals surface area contributed by atoms with Crippen LogP contribution in [-0.2, 0) is 6.61 Å². The van der Waals surface area contributed by atoms with Crippen LogP contribution in [0.3, 0.4) is 0 Å². The lowest BCUT2D eigenvalue weighted by Crippen LogP contribution is -1.97. The number of ether oxygens (including phenoxy) is 2. The second-order valence-electron chi connectivity index (χ2n) is 4.52. The maximum Gasteiger partial charge on any atom is 0.161 e. The van der Waals surface area contributed by atoms with Crippen molar-refractivity contribution in [1.29, 1.82) is 0 Å². The van der Waals surface area contributed by atoms with E-state index in [0.717, 1.165) is 33.7 Å². The molecule has 0 fully saturated rings. The third kappa shape index (κ3) is 2.16. The zero-order chi connectivity index (χ0) is 13.9. The Bertz CT molecular complexity index is 734. The van der Waals surface area contributed by atoms with E-state index < -0.39 is 0 Å². The molecule has 1 aromatic heterocycles. The van der Waals surface area contributed by atoms with Crippen molar-refractivity contribution in [3.63, 3.8) is 0 Å². The van der Waals surface area contributed by atoms with E-state index in [0.29, 0.717) is 6.61 Å². The standard InChI is InChI=1S/C16H16N2O2/c1-19-14-7-2-3-8-15(14)20-10-11-9-18-13-6-4-5-12(17)16(11)13/h2-9,18H,10,17H2,1H3. The predicted octanol–water partition coefficient (Wildman–Crippen LogP) is 3.34. The van der Waals surface area contributed by atoms with Crippen LogP contribution in [0.25, 0.3) is 10.9 Å². The predicted molar refractivity (Wildman–Crippen MR) is 80.0 cm³/mol. The van der Waals surface area contributed by atoms with Crippen LogP contribution in [0.5, 0.6) is 11.5 Å². The van der Waals surface area contributed by atoms with Crippen LogP contribution in [0.1, 0.15) is 5.56 Å². The molecule has 3 aromatic rings. The topological polar surface area (TPSA) is 60.3 Å². The van der Waals surface area contributed by atoms with E-state index in [1.807, 2.05) is 48.7 Å². The van der Waals surface area contributed by atoms with Crippen molar-refractivity contribution in [3.05, 3.63) is 54.2 Å². The van der Waals surface area contributed by atoms with Gasteiger partial charge in [0.1, 0.15) is 6.61 Å². The zero-order valence-electron chi connectivity index (χ0n) is 11.2. The monoisotopic (exact) mass is 268 g/mol. The number of nitrogen functional groups attached to an aromatic ring is 1. The van der Waals surface area contributed by atoms with E-state index in [-0.39, 0.29) is 0 Å². The van der Waals surface area contributed by atoms with Gasteiger partial charge in [0.05, 0.1) is 7.11 Å². The minimum atomic E-state index is 0.439. The highest BCUT2D eigenvalue weighted by Crippen LogP contribution is 2.29. The third-order valence-electron chi connectivity index (χ3n) is 3.27. The molecule has 0 saturated heterocycles. The smallest absolute Gasteiger partial charge is 0.161 e. The summed E-state index contributed by atoms with van der Waals surface area (Å²) >= 11 is 0. The van der Waals surface area contributed by atoms with Gasteiger partial charge in [0, 0.05) is 28.4 Å². The molecule has 0 aliphatic rings. The molecular weight excluding hydrogens is 252 g/mol. The lowest BCUT2D eigenvalue weighted by molar-refractivity contribution is 0.285. The second kappa shape index (κ2) is 5.17. The minimum absolute atomic E-state index is 0.439. The lowest BCUT2D eigenvalue weighted by Gasteiger charge is -2.10. The largest absolute Gasteiger partial charge is 0.493 e. The highest BCUT2D eigenvalue weighted by Gasteiger charge is 2.09. The molecule has 20 heavy (non-hydrogen) atoms. The van der Waals surface area contributed by atoms with Gasteiger partial charge in [-0.2, -0.15) is 0 Å². The van der Waals surface area contributed by atoms with Crippen molar-refractivity contribution in [1.82, 2.24) is 4.98 Å². The Morgan fingerprint density at radius 1 is 1.05 bits per heavy atom. The Morgan fingerprint density at radius 2 is 1.85 bits per heavy atom. The molecule has 0 bridgehead atoms. The Kier molecular flexibility index (Phi) is 3.21. The Morgan fingerprint density at radius 3 is 2.65 bits per heavy atom. The number of hydrogen-bond acceptors (Lipinski definition) is 3. The Balaban J connectivity index is 1.87. The van der Waals surface area contributed by atoms with E-state index in [2.05, 4.69) is 4.98 Å². The SMILES string of the molecule is COc1ccccc1OCc1c[nH]c2cccc(N)c12. The van der Waals surface area contributed by atoms with E-state index in [4.69, 9.17) is 15.2 Å². The number of aromatic nitrogens is 1. The minimum Gasteiger partial charge on any atom is -0.493 e. The molecule has 3 N–H and O–H groups in total. The zero-order valence-corrected chi connectivity index (χ0v) is 11.2. The molecule has 0 spiro atoms. The van der Waals surface area contributed by atoms with Gasteiger partial charge in [-0.3, -0.25) is 0 Å². The van der Waals surface area contributed by atoms with Gasteiger partial charge in [0.25, 0.3) is 0 Å². The summed E-state index contributed by atoms with van der Waals surface area (Å²) < 4.78 is 11.1. The second-order valence-corrected chi connectivity index (χ2v) is 4.52. The van der Waals surface area contributed by atoms with Crippen LogP contribution in [-0.4, -0.2) is 12.1 Å². The number of rotatable bonds is 4. The quantitative estimate of drug-likeness (QED) is 0.713. The maximum atomic E-state index is 6.03. The number of aromatic amines is 1. The first-order chi connectivity index (χ1) is 9.79. The number of para-hydroxylation sites is 2. The molecular formula is C16H16N2O2. The number of nitrogens with two attached hydrogens (primary N) is 1. The fraction of sp³-hybridized carbons (Fsp3) is 0.125. The van der Waals surface area contributed by atoms with Gasteiger partial charge in [-0.05, 0) is 24.3 Å². The molecule has 3 rings (SSSR count). The van der Waals surface area contributed by atoms with Gasteiger partial charge in [0.15, 0.2) is 11.5 Å². The summed E-state index contributed by atoms with van der Waals surface area (Å²) in [5.74, 6) is 1.44. The summed E-state index contributed by atoms with van der Waals surface area (Å²) in [7, 11) is 1.63. The van der Waals surface area contributed by atoms with Crippen molar-refractivity contribution in [2.45, 2.75) is 6.61 Å². The number of nitrogens with one attached hydrogen (secondary N) is 1. The summed E-state index contributed by atoms with van der Waals surface area (Å²) in [4.78, 5) is 3.20. The van der Waals surface area contributed by atoms with Crippen LogP contribution in [0.2, 0.25) is 0 Å². The normalized spacial score (nSPS) is 10.7. The van der Waals surface area contributed by atoms with Crippen LogP contribution in [0.4, 0.5) is 5.69 Å². The summed E-state index contributed by atoms with van der Waals surface area (Å²) in [5, 5.41) is 1.02. The molecule has 0 atom stereocenters. The van der Waals surface area contributed by atoms with E-state index in [9.17, 15) is 0 Å². The summed E-state index contributed by atoms with van der Waals surface area (Å²) in [6.45, 7) is 0.439. The van der Waals surface area contributed by atoms with Crippen molar-refractivity contribution < 1.29 is 9.47 Å². The maximum absolute atomic E-state index is 6.03. The summed E-state index contributed by atoms with van der Waals surface area (Å²) in [6.07, 6.45) is 1.93. The number of methoxy groups -OCH3 is 1.